The highest BCUT2D eigenvalue weighted by atomic mass is 35.5. The van der Waals surface area contributed by atoms with Gasteiger partial charge in [-0.05, 0) is 72.3 Å². The van der Waals surface area contributed by atoms with Gasteiger partial charge in [-0.3, -0.25) is 4.79 Å². The van der Waals surface area contributed by atoms with Gasteiger partial charge in [0.1, 0.15) is 11.5 Å². The number of carbonyl (C=O) groups excluding carboxylic acids is 2. The minimum Gasteiger partial charge on any atom is -0.494 e. The van der Waals surface area contributed by atoms with Gasteiger partial charge < -0.3 is 9.47 Å². The zero-order valence-electron chi connectivity index (χ0n) is 18.3. The number of fused-ring (bicyclic) bond motifs is 1. The number of hydrogen-bond acceptors (Lipinski definition) is 5. The van der Waals surface area contributed by atoms with E-state index in [-0.39, 0.29) is 5.91 Å². The summed E-state index contributed by atoms with van der Waals surface area (Å²) in [7, 11) is 0. The molecule has 0 unspecified atom stereocenters. The van der Waals surface area contributed by atoms with Crippen LogP contribution < -0.4 is 14.9 Å². The number of rotatable bonds is 7. The van der Waals surface area contributed by atoms with Crippen LogP contribution in [0.3, 0.4) is 0 Å². The second-order valence-corrected chi connectivity index (χ2v) is 7.69. The van der Waals surface area contributed by atoms with Gasteiger partial charge >= 0.3 is 5.97 Å². The van der Waals surface area contributed by atoms with Crippen LogP contribution in [0.5, 0.6) is 11.5 Å². The number of amides is 1. The highest BCUT2D eigenvalue weighted by molar-refractivity contribution is 6.30. The van der Waals surface area contributed by atoms with Crippen LogP contribution in [0.15, 0.2) is 90.0 Å². The SMILES string of the molecule is CCOc1ccc(C(=O)NN=Cc2c(OC(=O)c3ccc(Cl)cc3)ccc3ccccc23)cc1. The minimum atomic E-state index is -0.528. The van der Waals surface area contributed by atoms with Crippen molar-refractivity contribution in [2.24, 2.45) is 5.10 Å². The molecule has 0 aliphatic rings. The zero-order valence-corrected chi connectivity index (χ0v) is 19.1. The highest BCUT2D eigenvalue weighted by Crippen LogP contribution is 2.27. The van der Waals surface area contributed by atoms with Crippen molar-refractivity contribution in [2.75, 3.05) is 6.61 Å². The Morgan fingerprint density at radius 1 is 0.912 bits per heavy atom. The first kappa shape index (κ1) is 23.0. The summed E-state index contributed by atoms with van der Waals surface area (Å²) in [5, 5.41) is 6.40. The van der Waals surface area contributed by atoms with E-state index >= 15 is 0 Å². The lowest BCUT2D eigenvalue weighted by atomic mass is 10.0. The van der Waals surface area contributed by atoms with Crippen LogP contribution in [0.2, 0.25) is 5.02 Å². The van der Waals surface area contributed by atoms with E-state index in [0.29, 0.717) is 39.8 Å². The van der Waals surface area contributed by atoms with Crippen molar-refractivity contribution in [3.8, 4) is 11.5 Å². The number of halogens is 1. The maximum absolute atomic E-state index is 12.7. The highest BCUT2D eigenvalue weighted by Gasteiger charge is 2.14. The molecule has 6 nitrogen and oxygen atoms in total. The lowest BCUT2D eigenvalue weighted by molar-refractivity contribution is 0.0734. The van der Waals surface area contributed by atoms with E-state index in [0.717, 1.165) is 10.8 Å². The van der Waals surface area contributed by atoms with Gasteiger partial charge in [-0.25, -0.2) is 10.2 Å². The number of ether oxygens (including phenoxy) is 2. The first-order chi connectivity index (χ1) is 16.5. The normalized spacial score (nSPS) is 10.9. The van der Waals surface area contributed by atoms with E-state index in [9.17, 15) is 9.59 Å². The molecule has 1 N–H and O–H groups in total. The molecule has 0 aromatic heterocycles. The summed E-state index contributed by atoms with van der Waals surface area (Å²) in [6.07, 6.45) is 1.47. The van der Waals surface area contributed by atoms with Gasteiger partial charge in [-0.15, -0.1) is 0 Å². The summed E-state index contributed by atoms with van der Waals surface area (Å²) >= 11 is 5.91. The van der Waals surface area contributed by atoms with E-state index < -0.39 is 5.97 Å². The summed E-state index contributed by atoms with van der Waals surface area (Å²) in [6.45, 7) is 2.44. The van der Waals surface area contributed by atoms with Gasteiger partial charge in [-0.1, -0.05) is 41.9 Å². The summed E-state index contributed by atoms with van der Waals surface area (Å²) in [5.41, 5.74) is 3.88. The molecule has 34 heavy (non-hydrogen) atoms. The molecule has 0 aliphatic carbocycles. The van der Waals surface area contributed by atoms with Crippen molar-refractivity contribution in [3.63, 3.8) is 0 Å². The number of hydrogen-bond donors (Lipinski definition) is 1. The monoisotopic (exact) mass is 472 g/mol. The Balaban J connectivity index is 1.57. The van der Waals surface area contributed by atoms with Crippen molar-refractivity contribution in [3.05, 3.63) is 107 Å². The van der Waals surface area contributed by atoms with Crippen LogP contribution in [0.4, 0.5) is 0 Å². The first-order valence-electron chi connectivity index (χ1n) is 10.6. The number of carbonyl (C=O) groups is 2. The molecule has 0 saturated carbocycles. The number of nitrogens with zero attached hydrogens (tertiary/aromatic N) is 1. The van der Waals surface area contributed by atoms with Crippen molar-refractivity contribution >= 4 is 40.5 Å². The molecular formula is C27H21ClN2O4. The lowest BCUT2D eigenvalue weighted by Crippen LogP contribution is -2.17. The molecule has 0 heterocycles. The minimum absolute atomic E-state index is 0.317. The fourth-order valence-electron chi connectivity index (χ4n) is 3.33. The van der Waals surface area contributed by atoms with Gasteiger partial charge in [0.2, 0.25) is 0 Å². The molecule has 0 bridgehead atoms. The lowest BCUT2D eigenvalue weighted by Gasteiger charge is -2.11. The molecule has 4 aromatic rings. The Labute approximate surface area is 201 Å². The summed E-state index contributed by atoms with van der Waals surface area (Å²) in [4.78, 5) is 25.1. The third-order valence-corrected chi connectivity index (χ3v) is 5.25. The fraction of sp³-hybridized carbons (Fsp3) is 0.0741. The van der Waals surface area contributed by atoms with Crippen LogP contribution in [-0.4, -0.2) is 24.7 Å². The van der Waals surface area contributed by atoms with Crippen molar-refractivity contribution in [1.29, 1.82) is 0 Å². The molecule has 1 amide bonds. The van der Waals surface area contributed by atoms with Crippen molar-refractivity contribution in [1.82, 2.24) is 5.43 Å². The number of esters is 1. The smallest absolute Gasteiger partial charge is 0.343 e. The predicted octanol–water partition coefficient (Wildman–Crippen LogP) is 5.88. The molecule has 7 heteroatoms. The molecule has 0 aliphatic heterocycles. The Morgan fingerprint density at radius 3 is 2.35 bits per heavy atom. The molecule has 0 saturated heterocycles. The summed E-state index contributed by atoms with van der Waals surface area (Å²) in [6, 6.07) is 24.4. The van der Waals surface area contributed by atoms with Crippen molar-refractivity contribution in [2.45, 2.75) is 6.92 Å². The fourth-order valence-corrected chi connectivity index (χ4v) is 3.46. The maximum Gasteiger partial charge on any atom is 0.343 e. The number of benzene rings is 4. The van der Waals surface area contributed by atoms with Gasteiger partial charge in [0, 0.05) is 16.1 Å². The number of nitrogens with one attached hydrogen (secondary N) is 1. The topological polar surface area (TPSA) is 77.0 Å². The van der Waals surface area contributed by atoms with Gasteiger partial charge in [0.15, 0.2) is 0 Å². The Bertz CT molecular complexity index is 1350. The van der Waals surface area contributed by atoms with Crippen LogP contribution in [0, 0.1) is 0 Å². The molecule has 170 valence electrons. The largest absolute Gasteiger partial charge is 0.494 e. The average molecular weight is 473 g/mol. The third-order valence-electron chi connectivity index (χ3n) is 5.00. The van der Waals surface area contributed by atoms with E-state index in [1.807, 2.05) is 37.3 Å². The second kappa shape index (κ2) is 10.6. The van der Waals surface area contributed by atoms with Gasteiger partial charge in [0.25, 0.3) is 5.91 Å². The molecule has 4 aromatic carbocycles. The molecule has 0 spiro atoms. The van der Waals surface area contributed by atoms with Crippen molar-refractivity contribution < 1.29 is 19.1 Å². The van der Waals surface area contributed by atoms with E-state index in [1.54, 1.807) is 54.6 Å². The molecular weight excluding hydrogens is 452 g/mol. The van der Waals surface area contributed by atoms with E-state index in [2.05, 4.69) is 10.5 Å². The molecule has 0 atom stereocenters. The molecule has 0 radical (unpaired) electrons. The third kappa shape index (κ3) is 5.42. The predicted molar refractivity (Wildman–Crippen MR) is 133 cm³/mol. The summed E-state index contributed by atoms with van der Waals surface area (Å²) in [5.74, 6) is 0.0995. The second-order valence-electron chi connectivity index (χ2n) is 7.25. The van der Waals surface area contributed by atoms with E-state index in [4.69, 9.17) is 21.1 Å². The maximum atomic E-state index is 12.7. The Morgan fingerprint density at radius 2 is 1.62 bits per heavy atom. The average Bonchev–Trinajstić information content (AvgIpc) is 2.86. The van der Waals surface area contributed by atoms with Gasteiger partial charge in [0.05, 0.1) is 18.4 Å². The number of hydrazone groups is 1. The Kier molecular flexibility index (Phi) is 7.20. The quantitative estimate of drug-likeness (QED) is 0.158. The van der Waals surface area contributed by atoms with Crippen LogP contribution in [0.25, 0.3) is 10.8 Å². The van der Waals surface area contributed by atoms with Crippen LogP contribution in [0.1, 0.15) is 33.2 Å². The van der Waals surface area contributed by atoms with E-state index in [1.165, 1.54) is 6.21 Å². The first-order valence-corrected chi connectivity index (χ1v) is 11.0. The standard InChI is InChI=1S/C27H21ClN2O4/c1-2-33-22-14-9-19(10-15-22)26(31)30-29-17-24-23-6-4-3-5-18(23)11-16-25(24)34-27(32)20-7-12-21(28)13-8-20/h3-17H,2H2,1H3,(H,30,31). The zero-order chi connectivity index (χ0) is 23.9. The molecule has 0 fully saturated rings. The van der Waals surface area contributed by atoms with Crippen LogP contribution >= 0.6 is 11.6 Å². The summed E-state index contributed by atoms with van der Waals surface area (Å²) < 4.78 is 11.1. The van der Waals surface area contributed by atoms with Gasteiger partial charge in [-0.2, -0.15) is 5.10 Å². The molecule has 4 rings (SSSR count). The Hall–Kier alpha value is -4.16. The van der Waals surface area contributed by atoms with Crippen LogP contribution in [-0.2, 0) is 0 Å².